The molecule has 0 amide bonds. The highest BCUT2D eigenvalue weighted by molar-refractivity contribution is 5.82. The molecule has 1 heterocycles. The summed E-state index contributed by atoms with van der Waals surface area (Å²) < 4.78 is 10.6. The van der Waals surface area contributed by atoms with Crippen molar-refractivity contribution in [3.8, 4) is 22.9 Å². The largest absolute Gasteiger partial charge is 0.497 e. The first kappa shape index (κ1) is 12.9. The molecule has 0 aliphatic carbocycles. The molecule has 3 rings (SSSR count). The molecule has 0 bridgehead atoms. The third kappa shape index (κ3) is 2.26. The maximum Gasteiger partial charge on any atom is 0.200 e. The Bertz CT molecular complexity index is 919. The highest BCUT2D eigenvalue weighted by Gasteiger charge is 2.10. The van der Waals surface area contributed by atoms with Crippen LogP contribution in [-0.4, -0.2) is 7.11 Å². The summed E-state index contributed by atoms with van der Waals surface area (Å²) in [5, 5.41) is 9.42. The Morgan fingerprint density at radius 2 is 2.05 bits per heavy atom. The Balaban J connectivity index is 2.23. The van der Waals surface area contributed by atoms with Gasteiger partial charge < -0.3 is 9.15 Å². The van der Waals surface area contributed by atoms with Crippen molar-refractivity contribution in [2.24, 2.45) is 0 Å². The van der Waals surface area contributed by atoms with E-state index in [1.54, 1.807) is 49.6 Å². The number of rotatable bonds is 2. The van der Waals surface area contributed by atoms with Gasteiger partial charge in [-0.3, -0.25) is 4.79 Å². The highest BCUT2D eigenvalue weighted by Crippen LogP contribution is 2.23. The maximum atomic E-state index is 12.5. The molecule has 2 aromatic carbocycles. The number of ether oxygens (including phenoxy) is 1. The summed E-state index contributed by atoms with van der Waals surface area (Å²) in [5.74, 6) is 0.630. The number of hydrogen-bond acceptors (Lipinski definition) is 4. The van der Waals surface area contributed by atoms with E-state index in [2.05, 4.69) is 6.07 Å². The van der Waals surface area contributed by atoms with Gasteiger partial charge in [-0.25, -0.2) is 0 Å². The first-order valence-corrected chi connectivity index (χ1v) is 6.33. The Morgan fingerprint density at radius 1 is 1.19 bits per heavy atom. The van der Waals surface area contributed by atoms with Crippen molar-refractivity contribution >= 4 is 11.0 Å². The molecule has 0 saturated carbocycles. The van der Waals surface area contributed by atoms with Gasteiger partial charge in [0.25, 0.3) is 0 Å². The standard InChI is InChI=1S/C17H11NO3/c1-20-13-5-6-14-16(8-13)21-10-15(17(14)19)12-4-2-3-11(7-12)9-18/h2-8,10H,1H3. The second-order valence-corrected chi connectivity index (χ2v) is 4.53. The fourth-order valence-corrected chi connectivity index (χ4v) is 2.19. The molecule has 4 heteroatoms. The van der Waals surface area contributed by atoms with Gasteiger partial charge in [0.15, 0.2) is 5.43 Å². The van der Waals surface area contributed by atoms with Crippen LogP contribution in [-0.2, 0) is 0 Å². The molecule has 0 atom stereocenters. The predicted molar refractivity (Wildman–Crippen MR) is 79.2 cm³/mol. The third-order valence-corrected chi connectivity index (χ3v) is 3.28. The topological polar surface area (TPSA) is 63.2 Å². The molecule has 0 aliphatic heterocycles. The molecule has 0 N–H and O–H groups in total. The second kappa shape index (κ2) is 5.14. The van der Waals surface area contributed by atoms with Crippen LogP contribution < -0.4 is 10.2 Å². The molecule has 0 unspecified atom stereocenters. The number of fused-ring (bicyclic) bond motifs is 1. The number of nitrogens with zero attached hydrogens (tertiary/aromatic N) is 1. The van der Waals surface area contributed by atoms with E-state index < -0.39 is 0 Å². The lowest BCUT2D eigenvalue weighted by Crippen LogP contribution is -2.04. The van der Waals surface area contributed by atoms with Crippen LogP contribution in [0, 0.1) is 11.3 Å². The van der Waals surface area contributed by atoms with Gasteiger partial charge in [0.05, 0.1) is 29.7 Å². The smallest absolute Gasteiger partial charge is 0.200 e. The van der Waals surface area contributed by atoms with Crippen molar-refractivity contribution < 1.29 is 9.15 Å². The van der Waals surface area contributed by atoms with Crippen molar-refractivity contribution in [3.05, 3.63) is 64.5 Å². The quantitative estimate of drug-likeness (QED) is 0.720. The van der Waals surface area contributed by atoms with Crippen LogP contribution >= 0.6 is 0 Å². The zero-order valence-electron chi connectivity index (χ0n) is 11.3. The first-order valence-electron chi connectivity index (χ1n) is 6.33. The summed E-state index contributed by atoms with van der Waals surface area (Å²) in [6.45, 7) is 0. The van der Waals surface area contributed by atoms with Crippen LogP contribution in [0.2, 0.25) is 0 Å². The van der Waals surface area contributed by atoms with Gasteiger partial charge in [0, 0.05) is 6.07 Å². The summed E-state index contributed by atoms with van der Waals surface area (Å²) in [5.41, 5.74) is 1.94. The molecule has 1 aromatic heterocycles. The lowest BCUT2D eigenvalue weighted by Gasteiger charge is -2.04. The van der Waals surface area contributed by atoms with Gasteiger partial charge in [-0.2, -0.15) is 5.26 Å². The SMILES string of the molecule is COc1ccc2c(=O)c(-c3cccc(C#N)c3)coc2c1. The van der Waals surface area contributed by atoms with Gasteiger partial charge in [-0.05, 0) is 29.8 Å². The van der Waals surface area contributed by atoms with E-state index in [4.69, 9.17) is 14.4 Å². The van der Waals surface area contributed by atoms with Crippen LogP contribution in [0.25, 0.3) is 22.1 Å². The predicted octanol–water partition coefficient (Wildman–Crippen LogP) is 3.34. The first-order chi connectivity index (χ1) is 10.2. The lowest BCUT2D eigenvalue weighted by molar-refractivity contribution is 0.414. The van der Waals surface area contributed by atoms with Crippen LogP contribution in [0.5, 0.6) is 5.75 Å². The van der Waals surface area contributed by atoms with Gasteiger partial charge in [-0.15, -0.1) is 0 Å². The van der Waals surface area contributed by atoms with Crippen LogP contribution in [0.3, 0.4) is 0 Å². The Labute approximate surface area is 120 Å². The van der Waals surface area contributed by atoms with Gasteiger partial charge in [-0.1, -0.05) is 12.1 Å². The van der Waals surface area contributed by atoms with E-state index in [0.717, 1.165) is 0 Å². The third-order valence-electron chi connectivity index (χ3n) is 3.28. The average molecular weight is 277 g/mol. The summed E-state index contributed by atoms with van der Waals surface area (Å²) in [4.78, 5) is 12.5. The Morgan fingerprint density at radius 3 is 2.81 bits per heavy atom. The number of benzene rings is 2. The van der Waals surface area contributed by atoms with Gasteiger partial charge in [0.1, 0.15) is 17.6 Å². The minimum Gasteiger partial charge on any atom is -0.497 e. The van der Waals surface area contributed by atoms with E-state index >= 15 is 0 Å². The zero-order valence-corrected chi connectivity index (χ0v) is 11.3. The molecule has 0 fully saturated rings. The molecule has 0 aliphatic rings. The zero-order chi connectivity index (χ0) is 14.8. The van der Waals surface area contributed by atoms with E-state index in [0.29, 0.717) is 33.4 Å². The number of nitriles is 1. The number of hydrogen-bond donors (Lipinski definition) is 0. The Hall–Kier alpha value is -3.06. The van der Waals surface area contributed by atoms with E-state index in [-0.39, 0.29) is 5.43 Å². The van der Waals surface area contributed by atoms with Crippen molar-refractivity contribution in [1.29, 1.82) is 5.26 Å². The van der Waals surface area contributed by atoms with Crippen molar-refractivity contribution in [1.82, 2.24) is 0 Å². The summed E-state index contributed by atoms with van der Waals surface area (Å²) in [6, 6.07) is 14.0. The van der Waals surface area contributed by atoms with Gasteiger partial charge in [0.2, 0.25) is 0 Å². The average Bonchev–Trinajstić information content (AvgIpc) is 2.55. The van der Waals surface area contributed by atoms with Crippen molar-refractivity contribution in [2.75, 3.05) is 7.11 Å². The van der Waals surface area contributed by atoms with Crippen molar-refractivity contribution in [3.63, 3.8) is 0 Å². The molecule has 0 saturated heterocycles. The lowest BCUT2D eigenvalue weighted by atomic mass is 10.0. The van der Waals surface area contributed by atoms with E-state index in [1.165, 1.54) is 6.26 Å². The Kier molecular flexibility index (Phi) is 3.17. The molecule has 4 nitrogen and oxygen atoms in total. The molecular formula is C17H11NO3. The molecular weight excluding hydrogens is 266 g/mol. The fourth-order valence-electron chi connectivity index (χ4n) is 2.19. The van der Waals surface area contributed by atoms with Crippen molar-refractivity contribution in [2.45, 2.75) is 0 Å². The minimum atomic E-state index is -0.131. The van der Waals surface area contributed by atoms with Crippen LogP contribution in [0.1, 0.15) is 5.56 Å². The summed E-state index contributed by atoms with van der Waals surface area (Å²) in [6.07, 6.45) is 1.42. The van der Waals surface area contributed by atoms with Crippen LogP contribution in [0.15, 0.2) is 57.9 Å². The van der Waals surface area contributed by atoms with E-state index in [9.17, 15) is 4.79 Å². The molecule has 102 valence electrons. The maximum absolute atomic E-state index is 12.5. The fraction of sp³-hybridized carbons (Fsp3) is 0.0588. The minimum absolute atomic E-state index is 0.131. The number of methoxy groups -OCH3 is 1. The monoisotopic (exact) mass is 277 g/mol. The summed E-state index contributed by atoms with van der Waals surface area (Å²) in [7, 11) is 1.56. The normalized spacial score (nSPS) is 10.3. The van der Waals surface area contributed by atoms with Gasteiger partial charge >= 0.3 is 0 Å². The molecule has 0 spiro atoms. The molecule has 0 radical (unpaired) electrons. The van der Waals surface area contributed by atoms with E-state index in [1.807, 2.05) is 0 Å². The summed E-state index contributed by atoms with van der Waals surface area (Å²) >= 11 is 0. The molecule has 3 aromatic rings. The highest BCUT2D eigenvalue weighted by atomic mass is 16.5. The molecule has 21 heavy (non-hydrogen) atoms. The van der Waals surface area contributed by atoms with Crippen LogP contribution in [0.4, 0.5) is 0 Å². The second-order valence-electron chi connectivity index (χ2n) is 4.53.